The second kappa shape index (κ2) is 8.88. The number of halogens is 1. The maximum atomic E-state index is 13.0. The third-order valence-corrected chi connectivity index (χ3v) is 5.76. The van der Waals surface area contributed by atoms with Crippen LogP contribution in [0.3, 0.4) is 0 Å². The third kappa shape index (κ3) is 4.36. The highest BCUT2D eigenvalue weighted by Gasteiger charge is 2.31. The van der Waals surface area contributed by atoms with Gasteiger partial charge in [0.1, 0.15) is 12.6 Å². The zero-order chi connectivity index (χ0) is 22.8. The Morgan fingerprint density at radius 2 is 1.73 bits per heavy atom. The summed E-state index contributed by atoms with van der Waals surface area (Å²) in [6.45, 7) is 2.09. The Morgan fingerprint density at radius 1 is 1.00 bits per heavy atom. The summed E-state index contributed by atoms with van der Waals surface area (Å²) in [6.07, 6.45) is 2.10. The summed E-state index contributed by atoms with van der Waals surface area (Å²) in [4.78, 5) is 14.8. The SMILES string of the molecule is Cc1ccc(C2=C[C@@H](c3ccccc3)n3nnnc3N2CC(=O)Nc2ccc(Cl)cc2)cc1. The molecule has 1 N–H and O–H groups in total. The normalized spacial score (nSPS) is 15.0. The number of carbonyl (C=O) groups is 1. The molecule has 0 fully saturated rings. The number of anilines is 2. The van der Waals surface area contributed by atoms with Gasteiger partial charge in [0.05, 0.1) is 5.70 Å². The van der Waals surface area contributed by atoms with E-state index in [0.717, 1.165) is 22.4 Å². The Morgan fingerprint density at radius 3 is 2.45 bits per heavy atom. The van der Waals surface area contributed by atoms with Crippen LogP contribution in [0.15, 0.2) is 84.9 Å². The van der Waals surface area contributed by atoms with Gasteiger partial charge in [0.2, 0.25) is 5.91 Å². The maximum Gasteiger partial charge on any atom is 0.251 e. The van der Waals surface area contributed by atoms with Crippen molar-refractivity contribution < 1.29 is 4.79 Å². The highest BCUT2D eigenvalue weighted by Crippen LogP contribution is 2.36. The van der Waals surface area contributed by atoms with Gasteiger partial charge in [-0.1, -0.05) is 76.9 Å². The lowest BCUT2D eigenvalue weighted by Gasteiger charge is -2.32. The minimum atomic E-state index is -0.192. The molecular weight excluding hydrogens is 436 g/mol. The molecule has 0 spiro atoms. The van der Waals surface area contributed by atoms with E-state index >= 15 is 0 Å². The first-order valence-corrected chi connectivity index (χ1v) is 10.9. The van der Waals surface area contributed by atoms with Gasteiger partial charge in [-0.15, -0.1) is 0 Å². The van der Waals surface area contributed by atoms with Crippen molar-refractivity contribution in [1.82, 2.24) is 20.2 Å². The number of hydrogen-bond donors (Lipinski definition) is 1. The largest absolute Gasteiger partial charge is 0.325 e. The average molecular weight is 457 g/mol. The van der Waals surface area contributed by atoms with Crippen molar-refractivity contribution in [2.24, 2.45) is 0 Å². The van der Waals surface area contributed by atoms with Gasteiger partial charge in [-0.3, -0.25) is 9.69 Å². The van der Waals surface area contributed by atoms with Gasteiger partial charge in [-0.25, -0.2) is 0 Å². The average Bonchev–Trinajstić information content (AvgIpc) is 3.32. The Balaban J connectivity index is 1.52. The molecular formula is C25H21ClN6O. The molecule has 33 heavy (non-hydrogen) atoms. The molecule has 1 aromatic heterocycles. The van der Waals surface area contributed by atoms with E-state index in [1.165, 1.54) is 0 Å². The van der Waals surface area contributed by atoms with Crippen molar-refractivity contribution in [2.75, 3.05) is 16.8 Å². The molecule has 3 aromatic carbocycles. The topological polar surface area (TPSA) is 75.9 Å². The molecule has 2 heterocycles. The van der Waals surface area contributed by atoms with E-state index in [1.54, 1.807) is 28.9 Å². The molecule has 0 bridgehead atoms. The number of tetrazole rings is 1. The molecule has 164 valence electrons. The number of hydrogen-bond acceptors (Lipinski definition) is 5. The van der Waals surface area contributed by atoms with Gasteiger partial charge in [0, 0.05) is 10.7 Å². The summed E-state index contributed by atoms with van der Waals surface area (Å²) < 4.78 is 1.74. The lowest BCUT2D eigenvalue weighted by atomic mass is 10.00. The van der Waals surface area contributed by atoms with Gasteiger partial charge in [0.15, 0.2) is 0 Å². The summed E-state index contributed by atoms with van der Waals surface area (Å²) in [5.41, 5.74) is 4.74. The number of nitrogens with one attached hydrogen (secondary N) is 1. The summed E-state index contributed by atoms with van der Waals surface area (Å²) >= 11 is 5.96. The van der Waals surface area contributed by atoms with Crippen LogP contribution in [0.2, 0.25) is 5.02 Å². The summed E-state index contributed by atoms with van der Waals surface area (Å²) in [7, 11) is 0. The molecule has 0 unspecified atom stereocenters. The molecule has 0 saturated heterocycles. The van der Waals surface area contributed by atoms with Crippen molar-refractivity contribution >= 4 is 34.8 Å². The number of allylic oxidation sites excluding steroid dienone is 1. The van der Waals surface area contributed by atoms with E-state index in [-0.39, 0.29) is 18.5 Å². The molecule has 1 aliphatic heterocycles. The summed E-state index contributed by atoms with van der Waals surface area (Å²) in [5, 5.41) is 15.9. The Kier molecular flexibility index (Phi) is 5.62. The zero-order valence-electron chi connectivity index (χ0n) is 17.9. The molecule has 1 atom stereocenters. The number of fused-ring (bicyclic) bond motifs is 1. The van der Waals surface area contributed by atoms with Crippen molar-refractivity contribution in [3.05, 3.63) is 107 Å². The van der Waals surface area contributed by atoms with E-state index in [0.29, 0.717) is 16.7 Å². The van der Waals surface area contributed by atoms with Crippen LogP contribution in [0, 0.1) is 6.92 Å². The van der Waals surface area contributed by atoms with Crippen LogP contribution in [-0.2, 0) is 4.79 Å². The summed E-state index contributed by atoms with van der Waals surface area (Å²) in [5.74, 6) is 0.316. The number of aromatic nitrogens is 4. The standard InChI is InChI=1S/C25H21ClN6O/c1-17-7-9-19(10-8-17)22-15-23(18-5-3-2-4-6-18)32-25(28-29-30-32)31(22)16-24(33)27-21-13-11-20(26)12-14-21/h2-15,23H,16H2,1H3,(H,27,33)/t23-/m0/s1. The van der Waals surface area contributed by atoms with Crippen molar-refractivity contribution in [3.63, 3.8) is 0 Å². The van der Waals surface area contributed by atoms with Crippen LogP contribution in [0.5, 0.6) is 0 Å². The van der Waals surface area contributed by atoms with Crippen LogP contribution >= 0.6 is 11.6 Å². The lowest BCUT2D eigenvalue weighted by molar-refractivity contribution is -0.114. The molecule has 1 aliphatic rings. The molecule has 8 heteroatoms. The first kappa shape index (κ1) is 20.9. The molecule has 4 aromatic rings. The van der Waals surface area contributed by atoms with Gasteiger partial charge in [-0.2, -0.15) is 4.68 Å². The number of benzene rings is 3. The lowest BCUT2D eigenvalue weighted by Crippen LogP contribution is -2.37. The molecule has 5 rings (SSSR count). The molecule has 0 radical (unpaired) electrons. The highest BCUT2D eigenvalue weighted by molar-refractivity contribution is 6.30. The number of aryl methyl sites for hydroxylation is 1. The molecule has 1 amide bonds. The number of amides is 1. The zero-order valence-corrected chi connectivity index (χ0v) is 18.6. The van der Waals surface area contributed by atoms with E-state index < -0.39 is 0 Å². The molecule has 7 nitrogen and oxygen atoms in total. The predicted octanol–water partition coefficient (Wildman–Crippen LogP) is 4.72. The van der Waals surface area contributed by atoms with Gasteiger partial charge in [0.25, 0.3) is 5.95 Å². The fraction of sp³-hybridized carbons (Fsp3) is 0.120. The van der Waals surface area contributed by atoms with Gasteiger partial charge in [-0.05, 0) is 58.8 Å². The smallest absolute Gasteiger partial charge is 0.251 e. The quantitative estimate of drug-likeness (QED) is 0.470. The van der Waals surface area contributed by atoms with Crippen LogP contribution in [0.4, 0.5) is 11.6 Å². The van der Waals surface area contributed by atoms with Crippen LogP contribution < -0.4 is 10.2 Å². The number of rotatable bonds is 5. The number of carbonyl (C=O) groups excluding carboxylic acids is 1. The van der Waals surface area contributed by atoms with E-state index in [9.17, 15) is 4.79 Å². The molecule has 0 aliphatic carbocycles. The fourth-order valence-corrected chi connectivity index (χ4v) is 3.99. The fourth-order valence-electron chi connectivity index (χ4n) is 3.86. The van der Waals surface area contributed by atoms with Crippen molar-refractivity contribution in [1.29, 1.82) is 0 Å². The van der Waals surface area contributed by atoms with Crippen LogP contribution in [0.25, 0.3) is 5.70 Å². The Hall–Kier alpha value is -3.97. The Labute approximate surface area is 196 Å². The van der Waals surface area contributed by atoms with Gasteiger partial charge >= 0.3 is 0 Å². The minimum Gasteiger partial charge on any atom is -0.325 e. The van der Waals surface area contributed by atoms with E-state index in [2.05, 4.69) is 39.1 Å². The van der Waals surface area contributed by atoms with Crippen molar-refractivity contribution in [2.45, 2.75) is 13.0 Å². The van der Waals surface area contributed by atoms with E-state index in [4.69, 9.17) is 11.6 Å². The van der Waals surface area contributed by atoms with Crippen molar-refractivity contribution in [3.8, 4) is 0 Å². The first-order chi connectivity index (χ1) is 16.1. The maximum absolute atomic E-state index is 13.0. The first-order valence-electron chi connectivity index (χ1n) is 10.5. The van der Waals surface area contributed by atoms with Crippen LogP contribution in [0.1, 0.15) is 22.7 Å². The highest BCUT2D eigenvalue weighted by atomic mass is 35.5. The monoisotopic (exact) mass is 456 g/mol. The third-order valence-electron chi connectivity index (χ3n) is 5.51. The second-order valence-corrected chi connectivity index (χ2v) is 8.27. The summed E-state index contributed by atoms with van der Waals surface area (Å²) in [6, 6.07) is 25.1. The second-order valence-electron chi connectivity index (χ2n) is 7.84. The number of nitrogens with zero attached hydrogens (tertiary/aromatic N) is 5. The predicted molar refractivity (Wildman–Crippen MR) is 129 cm³/mol. The van der Waals surface area contributed by atoms with E-state index in [1.807, 2.05) is 54.3 Å². The van der Waals surface area contributed by atoms with Gasteiger partial charge < -0.3 is 5.32 Å². The molecule has 0 saturated carbocycles. The minimum absolute atomic E-state index is 0.0459. The Bertz CT molecular complexity index is 1300. The van der Waals surface area contributed by atoms with Crippen LogP contribution in [-0.4, -0.2) is 32.7 Å².